The summed E-state index contributed by atoms with van der Waals surface area (Å²) in [4.78, 5) is 27.6. The summed E-state index contributed by atoms with van der Waals surface area (Å²) in [6.07, 6.45) is 1.24. The molecule has 0 bridgehead atoms. The van der Waals surface area contributed by atoms with Crippen LogP contribution in [0, 0.1) is 5.92 Å². The lowest BCUT2D eigenvalue weighted by atomic mass is 9.97. The Balaban J connectivity index is 1.38. The van der Waals surface area contributed by atoms with Gasteiger partial charge in [-0.3, -0.25) is 9.59 Å². The van der Waals surface area contributed by atoms with Crippen molar-refractivity contribution in [3.63, 3.8) is 0 Å². The third-order valence-corrected chi connectivity index (χ3v) is 5.94. The zero-order chi connectivity index (χ0) is 19.5. The lowest BCUT2D eigenvalue weighted by Crippen LogP contribution is -2.40. The van der Waals surface area contributed by atoms with Gasteiger partial charge in [0.15, 0.2) is 0 Å². The summed E-state index contributed by atoms with van der Waals surface area (Å²) in [5.41, 5.74) is 0. The molecule has 0 N–H and O–H groups in total. The number of fused-ring (bicyclic) bond motifs is 1. The van der Waals surface area contributed by atoms with Gasteiger partial charge in [0, 0.05) is 13.1 Å². The van der Waals surface area contributed by atoms with Crippen molar-refractivity contribution in [3.05, 3.63) is 58.8 Å². The van der Waals surface area contributed by atoms with Crippen LogP contribution in [0.15, 0.2) is 53.9 Å². The minimum atomic E-state index is -0.231. The smallest absolute Gasteiger partial charge is 0.314 e. The number of methoxy groups -OCH3 is 1. The van der Waals surface area contributed by atoms with Gasteiger partial charge in [0.2, 0.25) is 0 Å². The summed E-state index contributed by atoms with van der Waals surface area (Å²) >= 11 is 1.45. The Hall–Kier alpha value is -2.86. The Labute approximate surface area is 167 Å². The second kappa shape index (κ2) is 8.02. The molecule has 1 fully saturated rings. The molecule has 28 heavy (non-hydrogen) atoms. The molecular formula is C22H21NO4S. The van der Waals surface area contributed by atoms with E-state index in [0.717, 1.165) is 21.4 Å². The SMILES string of the molecule is COc1ccc2ccc(OC(=O)C3CCN(C(=O)c4cccs4)CC3)cc2c1. The predicted molar refractivity (Wildman–Crippen MR) is 109 cm³/mol. The van der Waals surface area contributed by atoms with Gasteiger partial charge >= 0.3 is 5.97 Å². The van der Waals surface area contributed by atoms with E-state index < -0.39 is 0 Å². The number of thiophene rings is 1. The molecule has 0 radical (unpaired) electrons. The molecule has 0 spiro atoms. The van der Waals surface area contributed by atoms with Crippen LogP contribution in [0.25, 0.3) is 10.8 Å². The Morgan fingerprint density at radius 1 is 1.00 bits per heavy atom. The van der Waals surface area contributed by atoms with Gasteiger partial charge in [0.1, 0.15) is 11.5 Å². The third-order valence-electron chi connectivity index (χ3n) is 5.08. The van der Waals surface area contributed by atoms with E-state index >= 15 is 0 Å². The maximum absolute atomic E-state index is 12.6. The first kappa shape index (κ1) is 18.5. The van der Waals surface area contributed by atoms with E-state index in [2.05, 4.69) is 0 Å². The average Bonchev–Trinajstić information content (AvgIpc) is 3.27. The number of ether oxygens (including phenoxy) is 2. The van der Waals surface area contributed by atoms with Gasteiger partial charge in [-0.2, -0.15) is 0 Å². The van der Waals surface area contributed by atoms with Crippen molar-refractivity contribution in [3.8, 4) is 11.5 Å². The van der Waals surface area contributed by atoms with E-state index in [4.69, 9.17) is 9.47 Å². The fourth-order valence-corrected chi connectivity index (χ4v) is 4.16. The van der Waals surface area contributed by atoms with Crippen molar-refractivity contribution in [1.82, 2.24) is 4.90 Å². The maximum Gasteiger partial charge on any atom is 0.314 e. The molecule has 0 saturated carbocycles. The number of carbonyl (C=O) groups excluding carboxylic acids is 2. The van der Waals surface area contributed by atoms with Crippen LogP contribution in [0.3, 0.4) is 0 Å². The number of hydrogen-bond acceptors (Lipinski definition) is 5. The van der Waals surface area contributed by atoms with Crippen LogP contribution in [-0.4, -0.2) is 37.0 Å². The molecule has 1 amide bonds. The Kier molecular flexibility index (Phi) is 5.30. The highest BCUT2D eigenvalue weighted by atomic mass is 32.1. The van der Waals surface area contributed by atoms with Crippen LogP contribution in [-0.2, 0) is 4.79 Å². The molecule has 1 aromatic heterocycles. The highest BCUT2D eigenvalue weighted by molar-refractivity contribution is 7.12. The van der Waals surface area contributed by atoms with Gasteiger partial charge < -0.3 is 14.4 Å². The fourth-order valence-electron chi connectivity index (χ4n) is 3.47. The highest BCUT2D eigenvalue weighted by Gasteiger charge is 2.29. The molecule has 144 valence electrons. The van der Waals surface area contributed by atoms with Crippen LogP contribution >= 0.6 is 11.3 Å². The number of likely N-dealkylation sites (tertiary alicyclic amines) is 1. The van der Waals surface area contributed by atoms with E-state index in [1.807, 2.05) is 58.8 Å². The van der Waals surface area contributed by atoms with Gasteiger partial charge in [-0.1, -0.05) is 18.2 Å². The van der Waals surface area contributed by atoms with E-state index in [0.29, 0.717) is 31.7 Å². The second-order valence-electron chi connectivity index (χ2n) is 6.84. The lowest BCUT2D eigenvalue weighted by molar-refractivity contribution is -0.140. The first-order valence-electron chi connectivity index (χ1n) is 9.26. The van der Waals surface area contributed by atoms with Crippen molar-refractivity contribution in [2.45, 2.75) is 12.8 Å². The predicted octanol–water partition coefficient (Wildman–Crippen LogP) is 4.37. The van der Waals surface area contributed by atoms with Crippen LogP contribution in [0.5, 0.6) is 11.5 Å². The van der Waals surface area contributed by atoms with Crippen molar-refractivity contribution < 1.29 is 19.1 Å². The molecule has 2 aromatic carbocycles. The van der Waals surface area contributed by atoms with Crippen molar-refractivity contribution in [2.24, 2.45) is 5.92 Å². The van der Waals surface area contributed by atoms with Crippen LogP contribution in [0.4, 0.5) is 0 Å². The summed E-state index contributed by atoms with van der Waals surface area (Å²) in [6, 6.07) is 15.1. The van der Waals surface area contributed by atoms with Gasteiger partial charge in [-0.05, 0) is 59.3 Å². The number of amides is 1. The number of carbonyl (C=O) groups is 2. The third kappa shape index (κ3) is 3.87. The van der Waals surface area contributed by atoms with Crippen LogP contribution < -0.4 is 9.47 Å². The molecule has 2 heterocycles. The van der Waals surface area contributed by atoms with Gasteiger partial charge in [0.05, 0.1) is 17.9 Å². The summed E-state index contributed by atoms with van der Waals surface area (Å²) < 4.78 is 10.9. The Morgan fingerprint density at radius 3 is 2.39 bits per heavy atom. The molecule has 1 aliphatic heterocycles. The Morgan fingerprint density at radius 2 is 1.71 bits per heavy atom. The second-order valence-corrected chi connectivity index (χ2v) is 7.79. The van der Waals surface area contributed by atoms with Crippen molar-refractivity contribution in [1.29, 1.82) is 0 Å². The number of rotatable bonds is 4. The summed E-state index contributed by atoms with van der Waals surface area (Å²) in [7, 11) is 1.63. The molecular weight excluding hydrogens is 374 g/mol. The number of nitrogens with zero attached hydrogens (tertiary/aromatic N) is 1. The molecule has 1 saturated heterocycles. The van der Waals surface area contributed by atoms with E-state index in [-0.39, 0.29) is 17.8 Å². The monoisotopic (exact) mass is 395 g/mol. The zero-order valence-electron chi connectivity index (χ0n) is 15.6. The first-order valence-corrected chi connectivity index (χ1v) is 10.1. The molecule has 3 aromatic rings. The normalized spacial score (nSPS) is 14.8. The number of piperidine rings is 1. The zero-order valence-corrected chi connectivity index (χ0v) is 16.4. The fraction of sp³-hybridized carbons (Fsp3) is 0.273. The van der Waals surface area contributed by atoms with Gasteiger partial charge in [-0.15, -0.1) is 11.3 Å². The van der Waals surface area contributed by atoms with Crippen molar-refractivity contribution >= 4 is 34.0 Å². The molecule has 1 aliphatic rings. The number of esters is 1. The van der Waals surface area contributed by atoms with E-state index in [9.17, 15) is 9.59 Å². The number of benzene rings is 2. The maximum atomic E-state index is 12.6. The minimum Gasteiger partial charge on any atom is -0.497 e. The van der Waals surface area contributed by atoms with Crippen molar-refractivity contribution in [2.75, 3.05) is 20.2 Å². The summed E-state index contributed by atoms with van der Waals surface area (Å²) in [5, 5.41) is 3.92. The Bertz CT molecular complexity index is 991. The van der Waals surface area contributed by atoms with Crippen LogP contribution in [0.1, 0.15) is 22.5 Å². The van der Waals surface area contributed by atoms with Gasteiger partial charge in [-0.25, -0.2) is 0 Å². The molecule has 6 heteroatoms. The topological polar surface area (TPSA) is 55.8 Å². The average molecular weight is 395 g/mol. The lowest BCUT2D eigenvalue weighted by Gasteiger charge is -2.30. The van der Waals surface area contributed by atoms with Gasteiger partial charge in [0.25, 0.3) is 5.91 Å². The van der Waals surface area contributed by atoms with E-state index in [1.165, 1.54) is 11.3 Å². The minimum absolute atomic E-state index is 0.0466. The largest absolute Gasteiger partial charge is 0.497 e. The molecule has 0 unspecified atom stereocenters. The summed E-state index contributed by atoms with van der Waals surface area (Å²) in [5.74, 6) is 0.922. The number of hydrogen-bond donors (Lipinski definition) is 0. The first-order chi connectivity index (χ1) is 13.6. The molecule has 0 atom stereocenters. The highest BCUT2D eigenvalue weighted by Crippen LogP contribution is 2.27. The standard InChI is InChI=1S/C22H21NO4S/c1-26-18-6-4-15-5-7-19(14-17(15)13-18)27-22(25)16-8-10-23(11-9-16)21(24)20-3-2-12-28-20/h2-7,12-14,16H,8-11H2,1H3. The molecule has 0 aliphatic carbocycles. The molecule has 4 rings (SSSR count). The quantitative estimate of drug-likeness (QED) is 0.486. The van der Waals surface area contributed by atoms with Crippen LogP contribution in [0.2, 0.25) is 0 Å². The summed E-state index contributed by atoms with van der Waals surface area (Å²) in [6.45, 7) is 1.15. The molecule has 5 nitrogen and oxygen atoms in total. The van der Waals surface area contributed by atoms with E-state index in [1.54, 1.807) is 7.11 Å².